The van der Waals surface area contributed by atoms with Gasteiger partial charge in [-0.05, 0) is 62.1 Å². The maximum Gasteiger partial charge on any atom is 0.168 e. The van der Waals surface area contributed by atoms with Gasteiger partial charge >= 0.3 is 0 Å². The lowest BCUT2D eigenvalue weighted by Crippen LogP contribution is -2.39. The molecule has 2 heterocycles. The third-order valence-corrected chi connectivity index (χ3v) is 5.20. The molecule has 1 aliphatic rings. The van der Waals surface area contributed by atoms with Crippen molar-refractivity contribution in [2.45, 2.75) is 19.8 Å². The van der Waals surface area contributed by atoms with E-state index in [1.165, 1.54) is 18.2 Å². The number of nitrogens with two attached hydrogens (primary N) is 1. The topological polar surface area (TPSA) is 75.3 Å². The van der Waals surface area contributed by atoms with Crippen LogP contribution in [0, 0.1) is 18.7 Å². The number of aromatic hydroxyl groups is 1. The van der Waals surface area contributed by atoms with E-state index in [1.54, 1.807) is 0 Å². The van der Waals surface area contributed by atoms with Gasteiger partial charge in [-0.2, -0.15) is 0 Å². The number of aryl methyl sites for hydroxylation is 1. The highest BCUT2D eigenvalue weighted by Crippen LogP contribution is 2.34. The minimum atomic E-state index is -0.536. The van der Waals surface area contributed by atoms with Crippen LogP contribution in [0.3, 0.4) is 0 Å². The van der Waals surface area contributed by atoms with Crippen molar-refractivity contribution < 1.29 is 9.50 Å². The van der Waals surface area contributed by atoms with Gasteiger partial charge in [0.25, 0.3) is 0 Å². The molecular formula is C21H23FN4O. The molecule has 3 aromatic rings. The van der Waals surface area contributed by atoms with E-state index >= 15 is 0 Å². The first-order valence-electron chi connectivity index (χ1n) is 9.28. The van der Waals surface area contributed by atoms with Crippen LogP contribution in [0.1, 0.15) is 18.4 Å². The number of rotatable bonds is 3. The van der Waals surface area contributed by atoms with E-state index in [9.17, 15) is 9.50 Å². The maximum absolute atomic E-state index is 14.4. The lowest BCUT2D eigenvalue weighted by molar-refractivity contribution is 0.422. The largest absolute Gasteiger partial charge is 0.507 e. The predicted octanol–water partition coefficient (Wildman–Crippen LogP) is 3.63. The van der Waals surface area contributed by atoms with Gasteiger partial charge in [-0.15, -0.1) is 0 Å². The number of fused-ring (bicyclic) bond motifs is 1. The molecule has 140 valence electrons. The smallest absolute Gasteiger partial charge is 0.168 e. The summed E-state index contributed by atoms with van der Waals surface area (Å²) < 4.78 is 14.4. The number of hydrogen-bond acceptors (Lipinski definition) is 5. The maximum atomic E-state index is 14.4. The van der Waals surface area contributed by atoms with Crippen LogP contribution in [-0.4, -0.2) is 34.7 Å². The van der Waals surface area contributed by atoms with Gasteiger partial charge in [0.1, 0.15) is 17.4 Å². The average molecular weight is 366 g/mol. The third-order valence-electron chi connectivity index (χ3n) is 5.20. The van der Waals surface area contributed by atoms with Crippen molar-refractivity contribution in [1.29, 1.82) is 0 Å². The highest BCUT2D eigenvalue weighted by Gasteiger charge is 2.24. The molecule has 1 fully saturated rings. The van der Waals surface area contributed by atoms with E-state index in [4.69, 9.17) is 5.73 Å². The number of phenols is 1. The third kappa shape index (κ3) is 3.32. The molecule has 6 heteroatoms. The summed E-state index contributed by atoms with van der Waals surface area (Å²) in [5.74, 6) is 0.696. The second kappa shape index (κ2) is 7.12. The Morgan fingerprint density at radius 3 is 2.89 bits per heavy atom. The van der Waals surface area contributed by atoms with Gasteiger partial charge in [0.15, 0.2) is 5.82 Å². The first-order valence-corrected chi connectivity index (χ1v) is 9.28. The normalized spacial score (nSPS) is 17.4. The summed E-state index contributed by atoms with van der Waals surface area (Å²) >= 11 is 0. The molecule has 3 N–H and O–H groups in total. The van der Waals surface area contributed by atoms with Crippen LogP contribution >= 0.6 is 0 Å². The van der Waals surface area contributed by atoms with Crippen LogP contribution in [0.25, 0.3) is 22.3 Å². The molecule has 0 unspecified atom stereocenters. The highest BCUT2D eigenvalue weighted by atomic mass is 19.1. The van der Waals surface area contributed by atoms with Gasteiger partial charge in [0.2, 0.25) is 0 Å². The Labute approximate surface area is 157 Å². The molecule has 0 aliphatic carbocycles. The number of aromatic nitrogens is 2. The van der Waals surface area contributed by atoms with Crippen LogP contribution < -0.4 is 10.6 Å². The van der Waals surface area contributed by atoms with E-state index in [1.807, 2.05) is 25.1 Å². The van der Waals surface area contributed by atoms with Crippen molar-refractivity contribution in [2.24, 2.45) is 11.7 Å². The van der Waals surface area contributed by atoms with Crippen molar-refractivity contribution in [3.05, 3.63) is 47.8 Å². The minimum Gasteiger partial charge on any atom is -0.507 e. The Balaban J connectivity index is 1.92. The van der Waals surface area contributed by atoms with Crippen LogP contribution in [0.2, 0.25) is 0 Å². The Kier molecular flexibility index (Phi) is 4.66. The Hall–Kier alpha value is -2.73. The predicted molar refractivity (Wildman–Crippen MR) is 105 cm³/mol. The number of benzene rings is 2. The molecule has 0 spiro atoms. The van der Waals surface area contributed by atoms with Crippen molar-refractivity contribution in [1.82, 2.24) is 9.97 Å². The zero-order valence-corrected chi connectivity index (χ0v) is 15.3. The standard InChI is InChI=1S/C21H23FN4O/c1-13-7-8-15-17(10-13)24-20(19-16(22)5-2-6-18(19)27)25-21(15)26-9-3-4-14(11-23)12-26/h2,5-8,10,14,27H,3-4,9,11-12,23H2,1H3/t14-/m0/s1. The quantitative estimate of drug-likeness (QED) is 0.740. The minimum absolute atomic E-state index is 0.0366. The number of anilines is 1. The average Bonchev–Trinajstić information content (AvgIpc) is 2.67. The molecule has 0 bridgehead atoms. The summed E-state index contributed by atoms with van der Waals surface area (Å²) in [6.45, 7) is 4.32. The Morgan fingerprint density at radius 1 is 1.26 bits per heavy atom. The van der Waals surface area contributed by atoms with E-state index < -0.39 is 5.82 Å². The van der Waals surface area contributed by atoms with Crippen LogP contribution in [-0.2, 0) is 0 Å². The summed E-state index contributed by atoms with van der Waals surface area (Å²) in [7, 11) is 0. The molecule has 1 aliphatic heterocycles. The van der Waals surface area contributed by atoms with Crippen LogP contribution in [0.5, 0.6) is 5.75 Å². The lowest BCUT2D eigenvalue weighted by Gasteiger charge is -2.33. The van der Waals surface area contributed by atoms with E-state index in [-0.39, 0.29) is 17.1 Å². The van der Waals surface area contributed by atoms with Gasteiger partial charge in [0.05, 0.1) is 11.1 Å². The summed E-state index contributed by atoms with van der Waals surface area (Å²) in [5.41, 5.74) is 7.74. The monoisotopic (exact) mass is 366 g/mol. The van der Waals surface area contributed by atoms with Gasteiger partial charge in [-0.25, -0.2) is 14.4 Å². The van der Waals surface area contributed by atoms with Crippen molar-refractivity contribution in [3.8, 4) is 17.1 Å². The first-order chi connectivity index (χ1) is 13.1. The van der Waals surface area contributed by atoms with Crippen LogP contribution in [0.4, 0.5) is 10.2 Å². The first kappa shape index (κ1) is 17.7. The van der Waals surface area contributed by atoms with Gasteiger partial charge in [0, 0.05) is 18.5 Å². The van der Waals surface area contributed by atoms with E-state index in [2.05, 4.69) is 14.9 Å². The Morgan fingerprint density at radius 2 is 2.11 bits per heavy atom. The molecule has 27 heavy (non-hydrogen) atoms. The summed E-state index contributed by atoms with van der Waals surface area (Å²) in [6.07, 6.45) is 2.15. The number of phenolic OH excluding ortho intramolecular Hbond substituents is 1. The molecule has 1 atom stereocenters. The fraction of sp³-hybridized carbons (Fsp3) is 0.333. The summed E-state index contributed by atoms with van der Waals surface area (Å²) in [4.78, 5) is 11.5. The fourth-order valence-electron chi connectivity index (χ4n) is 3.76. The number of halogens is 1. The van der Waals surface area contributed by atoms with E-state index in [0.29, 0.717) is 12.5 Å². The molecular weight excluding hydrogens is 343 g/mol. The van der Waals surface area contributed by atoms with Gasteiger partial charge < -0.3 is 15.7 Å². The molecule has 0 amide bonds. The molecule has 0 saturated carbocycles. The molecule has 1 aromatic heterocycles. The molecule has 1 saturated heterocycles. The second-order valence-corrected chi connectivity index (χ2v) is 7.22. The van der Waals surface area contributed by atoms with Crippen molar-refractivity contribution >= 4 is 16.7 Å². The SMILES string of the molecule is Cc1ccc2c(N3CCC[C@@H](CN)C3)nc(-c3c(O)cccc3F)nc2c1. The summed E-state index contributed by atoms with van der Waals surface area (Å²) in [6, 6.07) is 10.2. The molecule has 5 nitrogen and oxygen atoms in total. The zero-order chi connectivity index (χ0) is 19.0. The number of hydrogen-bond donors (Lipinski definition) is 2. The Bertz CT molecular complexity index is 971. The zero-order valence-electron chi connectivity index (χ0n) is 15.3. The lowest BCUT2D eigenvalue weighted by atomic mass is 9.98. The molecule has 2 aromatic carbocycles. The number of nitrogens with zero attached hydrogens (tertiary/aromatic N) is 3. The fourth-order valence-corrected chi connectivity index (χ4v) is 3.76. The number of piperidine rings is 1. The highest BCUT2D eigenvalue weighted by molar-refractivity contribution is 5.92. The molecule has 0 radical (unpaired) electrons. The van der Waals surface area contributed by atoms with Gasteiger partial charge in [-0.3, -0.25) is 0 Å². The second-order valence-electron chi connectivity index (χ2n) is 7.22. The van der Waals surface area contributed by atoms with E-state index in [0.717, 1.165) is 48.2 Å². The van der Waals surface area contributed by atoms with Gasteiger partial charge in [-0.1, -0.05) is 12.1 Å². The van der Waals surface area contributed by atoms with Crippen molar-refractivity contribution in [3.63, 3.8) is 0 Å². The van der Waals surface area contributed by atoms with Crippen LogP contribution in [0.15, 0.2) is 36.4 Å². The molecule has 4 rings (SSSR count). The van der Waals surface area contributed by atoms with Crippen molar-refractivity contribution in [2.75, 3.05) is 24.5 Å². The summed E-state index contributed by atoms with van der Waals surface area (Å²) in [5, 5.41) is 11.1.